The summed E-state index contributed by atoms with van der Waals surface area (Å²) >= 11 is 0. The van der Waals surface area contributed by atoms with Crippen LogP contribution in [0.15, 0.2) is 72.8 Å². The molecule has 1 heterocycles. The number of hydrogen-bond donors (Lipinski definition) is 0. The number of nitrogens with zero attached hydrogens (tertiary/aromatic N) is 2. The van der Waals surface area contributed by atoms with Crippen LogP contribution >= 0.6 is 0 Å². The van der Waals surface area contributed by atoms with E-state index in [-0.39, 0.29) is 11.8 Å². The largest absolute Gasteiger partial charge is 0.497 e. The van der Waals surface area contributed by atoms with Crippen molar-refractivity contribution >= 4 is 11.8 Å². The predicted molar refractivity (Wildman–Crippen MR) is 128 cm³/mol. The highest BCUT2D eigenvalue weighted by molar-refractivity contribution is 5.98. The van der Waals surface area contributed by atoms with Gasteiger partial charge in [0.25, 0.3) is 5.91 Å². The molecule has 0 spiro atoms. The van der Waals surface area contributed by atoms with Crippen LogP contribution in [-0.2, 0) is 11.2 Å². The predicted octanol–water partition coefficient (Wildman–Crippen LogP) is 3.90. The number of piperazine rings is 1. The van der Waals surface area contributed by atoms with Gasteiger partial charge in [0, 0.05) is 37.7 Å². The van der Waals surface area contributed by atoms with Gasteiger partial charge in [-0.15, -0.1) is 0 Å². The molecule has 0 bridgehead atoms. The Morgan fingerprint density at radius 1 is 0.909 bits per heavy atom. The maximum Gasteiger partial charge on any atom is 0.254 e. The molecule has 1 atom stereocenters. The first-order chi connectivity index (χ1) is 16.0. The molecular formula is C27H28N2O4. The number of ether oxygens (including phenoxy) is 2. The molecule has 0 aromatic heterocycles. The van der Waals surface area contributed by atoms with E-state index in [1.54, 1.807) is 55.3 Å². The van der Waals surface area contributed by atoms with Crippen molar-refractivity contribution in [2.24, 2.45) is 0 Å². The van der Waals surface area contributed by atoms with Gasteiger partial charge in [0.2, 0.25) is 5.91 Å². The van der Waals surface area contributed by atoms with Crippen LogP contribution in [0.4, 0.5) is 0 Å². The molecule has 6 nitrogen and oxygen atoms in total. The maximum atomic E-state index is 13.5. The highest BCUT2D eigenvalue weighted by Crippen LogP contribution is 2.33. The number of para-hydroxylation sites is 1. The van der Waals surface area contributed by atoms with Gasteiger partial charge in [0.05, 0.1) is 14.2 Å². The van der Waals surface area contributed by atoms with E-state index in [9.17, 15) is 9.59 Å². The van der Waals surface area contributed by atoms with E-state index in [2.05, 4.69) is 0 Å². The van der Waals surface area contributed by atoms with Gasteiger partial charge in [0.15, 0.2) is 0 Å². The summed E-state index contributed by atoms with van der Waals surface area (Å²) in [6, 6.07) is 22.2. The maximum absolute atomic E-state index is 13.5. The van der Waals surface area contributed by atoms with Crippen LogP contribution in [0.2, 0.25) is 0 Å². The van der Waals surface area contributed by atoms with Gasteiger partial charge in [0.1, 0.15) is 17.5 Å². The molecule has 1 aliphatic rings. The lowest BCUT2D eigenvalue weighted by atomic mass is 9.92. The van der Waals surface area contributed by atoms with Crippen molar-refractivity contribution < 1.29 is 19.1 Å². The van der Waals surface area contributed by atoms with E-state index in [1.165, 1.54) is 0 Å². The van der Waals surface area contributed by atoms with Crippen LogP contribution in [-0.4, -0.2) is 62.0 Å². The first-order valence-corrected chi connectivity index (χ1v) is 10.9. The molecule has 0 aliphatic carbocycles. The van der Waals surface area contributed by atoms with E-state index in [0.29, 0.717) is 30.8 Å². The van der Waals surface area contributed by atoms with E-state index >= 15 is 0 Å². The van der Waals surface area contributed by atoms with Crippen LogP contribution in [0.3, 0.4) is 0 Å². The van der Waals surface area contributed by atoms with Crippen LogP contribution < -0.4 is 9.47 Å². The summed E-state index contributed by atoms with van der Waals surface area (Å²) in [6.07, 6.45) is 0.410. The lowest BCUT2D eigenvalue weighted by molar-refractivity contribution is -0.138. The van der Waals surface area contributed by atoms with Gasteiger partial charge < -0.3 is 19.3 Å². The quantitative estimate of drug-likeness (QED) is 0.579. The summed E-state index contributed by atoms with van der Waals surface area (Å²) < 4.78 is 10.9. The number of carbonyl (C=O) groups is 2. The van der Waals surface area contributed by atoms with E-state index in [4.69, 9.17) is 9.47 Å². The normalized spacial score (nSPS) is 16.0. The van der Waals surface area contributed by atoms with Gasteiger partial charge in [-0.25, -0.2) is 0 Å². The summed E-state index contributed by atoms with van der Waals surface area (Å²) in [5, 5.41) is 0. The molecule has 3 aromatic carbocycles. The van der Waals surface area contributed by atoms with E-state index in [0.717, 1.165) is 22.4 Å². The third-order valence-corrected chi connectivity index (χ3v) is 6.12. The van der Waals surface area contributed by atoms with Gasteiger partial charge in [-0.1, -0.05) is 48.5 Å². The first-order valence-electron chi connectivity index (χ1n) is 10.9. The summed E-state index contributed by atoms with van der Waals surface area (Å²) in [7, 11) is 5.00. The average molecular weight is 445 g/mol. The molecule has 0 unspecified atom stereocenters. The van der Waals surface area contributed by atoms with Gasteiger partial charge in [-0.3, -0.25) is 9.59 Å². The molecule has 1 fully saturated rings. The van der Waals surface area contributed by atoms with Crippen LogP contribution in [0, 0.1) is 0 Å². The van der Waals surface area contributed by atoms with Gasteiger partial charge in [-0.05, 0) is 35.4 Å². The Kier molecular flexibility index (Phi) is 6.63. The fraction of sp³-hybridized carbons (Fsp3) is 0.259. The van der Waals surface area contributed by atoms with Crippen molar-refractivity contribution in [3.05, 3.63) is 83.9 Å². The molecule has 33 heavy (non-hydrogen) atoms. The summed E-state index contributed by atoms with van der Waals surface area (Å²) in [4.78, 5) is 30.1. The molecule has 1 aliphatic heterocycles. The smallest absolute Gasteiger partial charge is 0.254 e. The minimum absolute atomic E-state index is 0.0627. The minimum atomic E-state index is -0.599. The first kappa shape index (κ1) is 22.4. The molecule has 3 aromatic rings. The Morgan fingerprint density at radius 3 is 2.39 bits per heavy atom. The second-order valence-corrected chi connectivity index (χ2v) is 8.07. The number of benzene rings is 3. The fourth-order valence-electron chi connectivity index (χ4n) is 4.31. The van der Waals surface area contributed by atoms with Crippen molar-refractivity contribution in [2.75, 3.05) is 34.4 Å². The molecular weight excluding hydrogens is 416 g/mol. The third-order valence-electron chi connectivity index (χ3n) is 6.12. The Hall–Kier alpha value is -3.80. The number of likely N-dealkylation sites (N-methyl/N-ethyl adjacent to an activating group) is 1. The lowest BCUT2D eigenvalue weighted by Gasteiger charge is -2.39. The third kappa shape index (κ3) is 4.55. The van der Waals surface area contributed by atoms with Crippen molar-refractivity contribution in [1.29, 1.82) is 0 Å². The van der Waals surface area contributed by atoms with Crippen molar-refractivity contribution in [3.63, 3.8) is 0 Å². The standard InChI is InChI=1S/C27H28N2O4/c1-28-15-16-29(26(30)20-10-8-11-21(17-20)32-2)24(27(28)31)18-19-9-4-5-12-22(19)23-13-6-7-14-25(23)33-3/h4-14,17,24H,15-16,18H2,1-3H3/t24-/m1/s1. The van der Waals surface area contributed by atoms with E-state index in [1.807, 2.05) is 48.5 Å². The summed E-state index contributed by atoms with van der Waals surface area (Å²) in [6.45, 7) is 0.971. The molecule has 4 rings (SSSR count). The molecule has 0 N–H and O–H groups in total. The Morgan fingerprint density at radius 2 is 1.64 bits per heavy atom. The molecule has 6 heteroatoms. The SMILES string of the molecule is COc1cccc(C(=O)N2CCN(C)C(=O)[C@H]2Cc2ccccc2-c2ccccc2OC)c1. The second kappa shape index (κ2) is 9.77. The number of methoxy groups -OCH3 is 2. The van der Waals surface area contributed by atoms with Crippen molar-refractivity contribution in [3.8, 4) is 22.6 Å². The van der Waals surface area contributed by atoms with Crippen molar-refractivity contribution in [1.82, 2.24) is 9.80 Å². The number of amides is 2. The molecule has 1 saturated heterocycles. The number of carbonyl (C=O) groups excluding carboxylic acids is 2. The number of hydrogen-bond acceptors (Lipinski definition) is 4. The molecule has 0 radical (unpaired) electrons. The average Bonchev–Trinajstić information content (AvgIpc) is 2.87. The van der Waals surface area contributed by atoms with Crippen LogP contribution in [0.5, 0.6) is 11.5 Å². The lowest BCUT2D eigenvalue weighted by Crippen LogP contribution is -2.58. The summed E-state index contributed by atoms with van der Waals surface area (Å²) in [5.41, 5.74) is 3.44. The van der Waals surface area contributed by atoms with Gasteiger partial charge >= 0.3 is 0 Å². The van der Waals surface area contributed by atoms with E-state index < -0.39 is 6.04 Å². The molecule has 2 amide bonds. The zero-order chi connectivity index (χ0) is 23.4. The zero-order valence-electron chi connectivity index (χ0n) is 19.2. The zero-order valence-corrected chi connectivity index (χ0v) is 19.2. The Balaban J connectivity index is 1.70. The van der Waals surface area contributed by atoms with Crippen LogP contribution in [0.25, 0.3) is 11.1 Å². The molecule has 170 valence electrons. The monoisotopic (exact) mass is 444 g/mol. The van der Waals surface area contributed by atoms with Gasteiger partial charge in [-0.2, -0.15) is 0 Å². The highest BCUT2D eigenvalue weighted by atomic mass is 16.5. The second-order valence-electron chi connectivity index (χ2n) is 8.07. The molecule has 0 saturated carbocycles. The fourth-order valence-corrected chi connectivity index (χ4v) is 4.31. The topological polar surface area (TPSA) is 59.1 Å². The minimum Gasteiger partial charge on any atom is -0.497 e. The summed E-state index contributed by atoms with van der Waals surface area (Å²) in [5.74, 6) is 1.14. The Bertz CT molecular complexity index is 1160. The van der Waals surface area contributed by atoms with Crippen molar-refractivity contribution in [2.45, 2.75) is 12.5 Å². The number of rotatable bonds is 6. The highest BCUT2D eigenvalue weighted by Gasteiger charge is 2.37. The van der Waals surface area contributed by atoms with Crippen LogP contribution in [0.1, 0.15) is 15.9 Å². The Labute approximate surface area is 194 Å².